The lowest BCUT2D eigenvalue weighted by atomic mass is 10.1. The number of carbonyl (C=O) groups excluding carboxylic acids is 1. The number of carbonyl (C=O) groups is 1. The molecule has 0 aliphatic carbocycles. The predicted octanol–water partition coefficient (Wildman–Crippen LogP) is 2.99. The average molecular weight is 256 g/mol. The van der Waals surface area contributed by atoms with E-state index >= 15 is 0 Å². The fraction of sp³-hybridized carbons (Fsp3) is 0.200. The summed E-state index contributed by atoms with van der Waals surface area (Å²) in [5.41, 5.74) is 2.31. The highest BCUT2D eigenvalue weighted by Crippen LogP contribution is 2.14. The minimum atomic E-state index is -0.286. The topological polar surface area (TPSA) is 62.2 Å². The van der Waals surface area contributed by atoms with Crippen molar-refractivity contribution in [2.24, 2.45) is 0 Å². The molecule has 2 aromatic rings. The maximum atomic E-state index is 11.9. The Morgan fingerprint density at radius 2 is 2.00 bits per heavy atom. The van der Waals surface area contributed by atoms with Gasteiger partial charge in [-0.3, -0.25) is 9.78 Å². The molecule has 1 aromatic carbocycles. The third-order valence-corrected chi connectivity index (χ3v) is 2.74. The smallest absolute Gasteiger partial charge is 0.257 e. The number of rotatable bonds is 4. The number of aromatic nitrogens is 1. The lowest BCUT2D eigenvalue weighted by Crippen LogP contribution is -2.12. The average Bonchev–Trinajstić information content (AvgIpc) is 2.41. The molecule has 0 atom stereocenters. The van der Waals surface area contributed by atoms with Gasteiger partial charge in [0, 0.05) is 11.9 Å². The van der Waals surface area contributed by atoms with Gasteiger partial charge >= 0.3 is 0 Å². The SMILES string of the molecule is CCCc1ccc(NC(=O)c2cncc(O)c2)cc1. The molecule has 0 fully saturated rings. The number of aromatic hydroxyl groups is 1. The van der Waals surface area contributed by atoms with Crippen LogP contribution in [-0.2, 0) is 6.42 Å². The van der Waals surface area contributed by atoms with Crippen LogP contribution in [0, 0.1) is 0 Å². The van der Waals surface area contributed by atoms with Crippen LogP contribution in [0.25, 0.3) is 0 Å². The van der Waals surface area contributed by atoms with E-state index in [-0.39, 0.29) is 11.7 Å². The highest BCUT2D eigenvalue weighted by molar-refractivity contribution is 6.04. The van der Waals surface area contributed by atoms with Crippen molar-refractivity contribution in [3.8, 4) is 5.75 Å². The van der Waals surface area contributed by atoms with Crippen LogP contribution in [-0.4, -0.2) is 16.0 Å². The molecule has 0 aliphatic heterocycles. The lowest BCUT2D eigenvalue weighted by Gasteiger charge is -2.06. The summed E-state index contributed by atoms with van der Waals surface area (Å²) in [6, 6.07) is 9.13. The van der Waals surface area contributed by atoms with Crippen molar-refractivity contribution in [3.63, 3.8) is 0 Å². The Labute approximate surface area is 112 Å². The standard InChI is InChI=1S/C15H16N2O2/c1-2-3-11-4-6-13(7-5-11)17-15(19)12-8-14(18)10-16-9-12/h4-10,18H,2-3H2,1H3,(H,17,19). The molecule has 0 saturated carbocycles. The molecule has 2 N–H and O–H groups in total. The van der Waals surface area contributed by atoms with E-state index in [9.17, 15) is 9.90 Å². The molecule has 1 heterocycles. The molecular weight excluding hydrogens is 240 g/mol. The second-order valence-electron chi connectivity index (χ2n) is 4.33. The highest BCUT2D eigenvalue weighted by atomic mass is 16.3. The Kier molecular flexibility index (Phi) is 4.13. The molecule has 0 spiro atoms. The Morgan fingerprint density at radius 1 is 1.26 bits per heavy atom. The van der Waals surface area contributed by atoms with Crippen molar-refractivity contribution in [1.82, 2.24) is 4.98 Å². The maximum Gasteiger partial charge on any atom is 0.257 e. The first-order valence-corrected chi connectivity index (χ1v) is 6.23. The zero-order chi connectivity index (χ0) is 13.7. The van der Waals surface area contributed by atoms with Crippen LogP contribution in [0.15, 0.2) is 42.7 Å². The minimum Gasteiger partial charge on any atom is -0.506 e. The first-order valence-electron chi connectivity index (χ1n) is 6.23. The second kappa shape index (κ2) is 6.00. The van der Waals surface area contributed by atoms with E-state index in [0.29, 0.717) is 5.56 Å². The van der Waals surface area contributed by atoms with E-state index in [1.807, 2.05) is 24.3 Å². The Morgan fingerprint density at radius 3 is 2.63 bits per heavy atom. The van der Waals surface area contributed by atoms with Gasteiger partial charge in [0.05, 0.1) is 11.8 Å². The summed E-state index contributed by atoms with van der Waals surface area (Å²) in [4.78, 5) is 15.7. The molecule has 0 unspecified atom stereocenters. The van der Waals surface area contributed by atoms with Gasteiger partial charge in [-0.05, 0) is 30.2 Å². The number of pyridine rings is 1. The van der Waals surface area contributed by atoms with E-state index in [1.165, 1.54) is 24.0 Å². The summed E-state index contributed by atoms with van der Waals surface area (Å²) >= 11 is 0. The Hall–Kier alpha value is -2.36. The van der Waals surface area contributed by atoms with Crippen LogP contribution >= 0.6 is 0 Å². The summed E-state index contributed by atoms with van der Waals surface area (Å²) in [6.45, 7) is 2.13. The van der Waals surface area contributed by atoms with Crippen LogP contribution < -0.4 is 5.32 Å². The van der Waals surface area contributed by atoms with Crippen LogP contribution in [0.3, 0.4) is 0 Å². The van der Waals surface area contributed by atoms with E-state index in [0.717, 1.165) is 18.5 Å². The first kappa shape index (κ1) is 13.1. The highest BCUT2D eigenvalue weighted by Gasteiger charge is 2.07. The fourth-order valence-corrected chi connectivity index (χ4v) is 1.80. The molecule has 2 rings (SSSR count). The number of hydrogen-bond acceptors (Lipinski definition) is 3. The van der Waals surface area contributed by atoms with Crippen LogP contribution in [0.2, 0.25) is 0 Å². The van der Waals surface area contributed by atoms with Crippen molar-refractivity contribution in [3.05, 3.63) is 53.9 Å². The Bertz CT molecular complexity index is 565. The van der Waals surface area contributed by atoms with Gasteiger partial charge in [-0.15, -0.1) is 0 Å². The van der Waals surface area contributed by atoms with E-state index in [2.05, 4.69) is 17.2 Å². The quantitative estimate of drug-likeness (QED) is 0.884. The summed E-state index contributed by atoms with van der Waals surface area (Å²) in [6.07, 6.45) is 4.84. The Balaban J connectivity index is 2.06. The van der Waals surface area contributed by atoms with Gasteiger partial charge in [0.2, 0.25) is 0 Å². The van der Waals surface area contributed by atoms with Crippen molar-refractivity contribution >= 4 is 11.6 Å². The zero-order valence-electron chi connectivity index (χ0n) is 10.8. The number of nitrogens with one attached hydrogen (secondary N) is 1. The maximum absolute atomic E-state index is 11.9. The molecule has 0 aliphatic rings. The van der Waals surface area contributed by atoms with Gasteiger partial charge in [0.15, 0.2) is 0 Å². The zero-order valence-corrected chi connectivity index (χ0v) is 10.8. The van der Waals surface area contributed by atoms with Crippen molar-refractivity contribution in [2.45, 2.75) is 19.8 Å². The van der Waals surface area contributed by atoms with Gasteiger partial charge in [-0.2, -0.15) is 0 Å². The van der Waals surface area contributed by atoms with Crippen molar-refractivity contribution in [1.29, 1.82) is 0 Å². The number of hydrogen-bond donors (Lipinski definition) is 2. The van der Waals surface area contributed by atoms with Gasteiger partial charge in [0.25, 0.3) is 5.91 Å². The lowest BCUT2D eigenvalue weighted by molar-refractivity contribution is 0.102. The largest absolute Gasteiger partial charge is 0.506 e. The third kappa shape index (κ3) is 3.55. The summed E-state index contributed by atoms with van der Waals surface area (Å²) in [5, 5.41) is 12.0. The summed E-state index contributed by atoms with van der Waals surface area (Å²) in [7, 11) is 0. The first-order chi connectivity index (χ1) is 9.19. The molecule has 0 saturated heterocycles. The van der Waals surface area contributed by atoms with Gasteiger partial charge < -0.3 is 10.4 Å². The van der Waals surface area contributed by atoms with Crippen LogP contribution in [0.4, 0.5) is 5.69 Å². The van der Waals surface area contributed by atoms with Crippen LogP contribution in [0.1, 0.15) is 29.3 Å². The van der Waals surface area contributed by atoms with Gasteiger partial charge in [0.1, 0.15) is 5.75 Å². The molecule has 19 heavy (non-hydrogen) atoms. The molecule has 1 aromatic heterocycles. The van der Waals surface area contributed by atoms with Gasteiger partial charge in [-0.25, -0.2) is 0 Å². The second-order valence-corrected chi connectivity index (χ2v) is 4.33. The fourth-order valence-electron chi connectivity index (χ4n) is 1.80. The molecule has 4 nitrogen and oxygen atoms in total. The van der Waals surface area contributed by atoms with E-state index in [4.69, 9.17) is 0 Å². The normalized spacial score (nSPS) is 10.2. The number of amides is 1. The number of aryl methyl sites for hydroxylation is 1. The minimum absolute atomic E-state index is 0.0223. The van der Waals surface area contributed by atoms with Crippen molar-refractivity contribution < 1.29 is 9.90 Å². The molecule has 98 valence electrons. The molecule has 1 amide bonds. The number of nitrogens with zero attached hydrogens (tertiary/aromatic N) is 1. The predicted molar refractivity (Wildman–Crippen MR) is 74.3 cm³/mol. The summed E-state index contributed by atoms with van der Waals surface area (Å²) in [5.74, 6) is -0.308. The summed E-state index contributed by atoms with van der Waals surface area (Å²) < 4.78 is 0. The molecule has 0 radical (unpaired) electrons. The van der Waals surface area contributed by atoms with Crippen LogP contribution in [0.5, 0.6) is 5.75 Å². The molecular formula is C15H16N2O2. The van der Waals surface area contributed by atoms with Gasteiger partial charge in [-0.1, -0.05) is 25.5 Å². The third-order valence-electron chi connectivity index (χ3n) is 2.74. The number of benzene rings is 1. The monoisotopic (exact) mass is 256 g/mol. The van der Waals surface area contributed by atoms with E-state index < -0.39 is 0 Å². The van der Waals surface area contributed by atoms with Crippen molar-refractivity contribution in [2.75, 3.05) is 5.32 Å². The van der Waals surface area contributed by atoms with E-state index in [1.54, 1.807) is 0 Å². The number of anilines is 1. The molecule has 4 heteroatoms. The molecule has 0 bridgehead atoms.